The third-order valence-corrected chi connectivity index (χ3v) is 10.1. The number of carbonyl (C=O) groups excluding carboxylic acids is 5. The van der Waals surface area contributed by atoms with Gasteiger partial charge in [0.15, 0.2) is 0 Å². The highest BCUT2D eigenvalue weighted by molar-refractivity contribution is 7.59. The van der Waals surface area contributed by atoms with E-state index in [-0.39, 0.29) is 56.7 Å². The molecule has 3 N–H and O–H groups in total. The molecule has 1 saturated heterocycles. The first kappa shape index (κ1) is 42.9. The monoisotopic (exact) mass is 764 g/mol. The molecule has 13 heteroatoms. The maximum absolute atomic E-state index is 14.3. The molecule has 11 nitrogen and oxygen atoms in total. The number of likely N-dealkylation sites (tertiary alicyclic amines) is 1. The number of hydrogen-bond acceptors (Lipinski definition) is 7. The van der Waals surface area contributed by atoms with Crippen LogP contribution < -0.4 is 20.7 Å². The Labute approximate surface area is 325 Å². The zero-order chi connectivity index (χ0) is 36.4. The largest absolute Gasteiger partial charge is 0.496 e. The van der Waals surface area contributed by atoms with E-state index in [4.69, 9.17) is 9.47 Å². The first-order valence-corrected chi connectivity index (χ1v) is 17.7. The lowest BCUT2D eigenvalue weighted by Crippen LogP contribution is -2.51. The van der Waals surface area contributed by atoms with E-state index in [1.165, 1.54) is 14.0 Å². The highest BCUT2D eigenvalue weighted by Crippen LogP contribution is 2.48. The van der Waals surface area contributed by atoms with Crippen molar-refractivity contribution in [3.05, 3.63) is 101 Å². The Morgan fingerprint density at radius 3 is 2.19 bits per heavy atom. The molecule has 1 fully saturated rings. The summed E-state index contributed by atoms with van der Waals surface area (Å²) in [7, 11) is 2.83. The van der Waals surface area contributed by atoms with Gasteiger partial charge in [-0.2, -0.15) is 27.0 Å². The lowest BCUT2D eigenvalue weighted by Gasteiger charge is -2.42. The summed E-state index contributed by atoms with van der Waals surface area (Å²) in [5.41, 5.74) is 2.04. The van der Waals surface area contributed by atoms with Gasteiger partial charge in [0.05, 0.1) is 31.1 Å². The number of ether oxygens (including phenoxy) is 2. The van der Waals surface area contributed by atoms with Crippen molar-refractivity contribution >= 4 is 56.6 Å². The Hall–Kier alpha value is -4.49. The molecule has 0 radical (unpaired) electrons. The SMILES string of the molecule is COC(=O)[C@H](CCCCNC(=O)[C@@]1(c2ccccc2)CC[C@H](C(=O)N2CCC(NC(=O)c3ccccc3OC)CC2)c2ccccc21)NC(C)=O.S.S. The van der Waals surface area contributed by atoms with Gasteiger partial charge in [0.2, 0.25) is 17.7 Å². The minimum Gasteiger partial charge on any atom is -0.496 e. The van der Waals surface area contributed by atoms with E-state index in [1.54, 1.807) is 25.3 Å². The average molecular weight is 765 g/mol. The average Bonchev–Trinajstić information content (AvgIpc) is 3.16. The second-order valence-electron chi connectivity index (χ2n) is 13.3. The third kappa shape index (κ3) is 9.94. The van der Waals surface area contributed by atoms with Crippen LogP contribution in [-0.4, -0.2) is 80.4 Å². The quantitative estimate of drug-likeness (QED) is 0.172. The van der Waals surface area contributed by atoms with Gasteiger partial charge in [0, 0.05) is 32.6 Å². The van der Waals surface area contributed by atoms with Crippen LogP contribution in [0, 0.1) is 0 Å². The zero-order valence-electron chi connectivity index (χ0n) is 30.6. The van der Waals surface area contributed by atoms with Crippen LogP contribution in [0.25, 0.3) is 0 Å². The number of benzene rings is 3. The lowest BCUT2D eigenvalue weighted by atomic mass is 9.62. The Morgan fingerprint density at radius 1 is 0.849 bits per heavy atom. The summed E-state index contributed by atoms with van der Waals surface area (Å²) in [6.45, 7) is 2.79. The summed E-state index contributed by atoms with van der Waals surface area (Å²) in [6.07, 6.45) is 3.82. The number of rotatable bonds is 13. The molecule has 0 saturated carbocycles. The van der Waals surface area contributed by atoms with Gasteiger partial charge in [-0.1, -0.05) is 66.7 Å². The van der Waals surface area contributed by atoms with Gasteiger partial charge < -0.3 is 30.3 Å². The summed E-state index contributed by atoms with van der Waals surface area (Å²) in [5.74, 6) is -0.969. The molecule has 2 aliphatic rings. The number of nitrogens with one attached hydrogen (secondary N) is 3. The summed E-state index contributed by atoms with van der Waals surface area (Å²) in [4.78, 5) is 67.0. The molecule has 3 aromatic carbocycles. The van der Waals surface area contributed by atoms with Crippen LogP contribution >= 0.6 is 27.0 Å². The summed E-state index contributed by atoms with van der Waals surface area (Å²) in [6, 6.07) is 23.8. The van der Waals surface area contributed by atoms with Gasteiger partial charge in [-0.25, -0.2) is 4.79 Å². The van der Waals surface area contributed by atoms with Crippen LogP contribution in [0.3, 0.4) is 0 Å². The van der Waals surface area contributed by atoms with Crippen LogP contribution in [0.4, 0.5) is 0 Å². The molecule has 4 amide bonds. The molecular formula is C40H52N4O7S2. The fourth-order valence-corrected chi connectivity index (χ4v) is 7.51. The van der Waals surface area contributed by atoms with E-state index in [1.807, 2.05) is 65.6 Å². The molecule has 1 heterocycles. The standard InChI is InChI=1S/C40H48N4O7.2H2S/c1-27(45)42-34(38(48)51-3)18-11-12-24-41-39(49)40(28-13-5-4-6-14-28)23-20-31(30-15-7-9-17-33(30)40)37(47)44-25-21-29(22-26-44)43-36(46)32-16-8-10-19-35(32)50-2;;/h4-10,13-17,19,29,31,34H,11-12,18,20-26H2,1-3H3,(H,41,49)(H,42,45)(H,43,46);2*1H2/t31-,34-,40+;;/m0../s1. The summed E-state index contributed by atoms with van der Waals surface area (Å²) < 4.78 is 10.2. The van der Waals surface area contributed by atoms with Gasteiger partial charge >= 0.3 is 5.97 Å². The van der Waals surface area contributed by atoms with Gasteiger partial charge in [0.1, 0.15) is 11.8 Å². The van der Waals surface area contributed by atoms with Crippen molar-refractivity contribution in [3.8, 4) is 5.75 Å². The molecule has 0 spiro atoms. The molecule has 53 heavy (non-hydrogen) atoms. The Morgan fingerprint density at radius 2 is 1.51 bits per heavy atom. The van der Waals surface area contributed by atoms with Gasteiger partial charge in [-0.15, -0.1) is 0 Å². The molecule has 0 aromatic heterocycles. The van der Waals surface area contributed by atoms with E-state index >= 15 is 0 Å². The number of esters is 1. The first-order chi connectivity index (χ1) is 24.7. The molecule has 5 rings (SSSR count). The number of unbranched alkanes of at least 4 members (excludes halogenated alkanes) is 1. The van der Waals surface area contributed by atoms with Crippen molar-refractivity contribution in [2.75, 3.05) is 33.9 Å². The van der Waals surface area contributed by atoms with Crippen LogP contribution in [0.2, 0.25) is 0 Å². The number of piperidine rings is 1. The van der Waals surface area contributed by atoms with Gasteiger partial charge in [0.25, 0.3) is 5.91 Å². The van der Waals surface area contributed by atoms with Crippen LogP contribution in [0.1, 0.15) is 84.8 Å². The summed E-state index contributed by atoms with van der Waals surface area (Å²) in [5, 5.41) is 8.89. The maximum atomic E-state index is 14.3. The first-order valence-electron chi connectivity index (χ1n) is 17.7. The topological polar surface area (TPSA) is 143 Å². The zero-order valence-corrected chi connectivity index (χ0v) is 32.6. The molecule has 0 unspecified atom stereocenters. The van der Waals surface area contributed by atoms with Crippen molar-refractivity contribution < 1.29 is 33.4 Å². The molecule has 286 valence electrons. The van der Waals surface area contributed by atoms with Gasteiger partial charge in [-0.05, 0) is 73.8 Å². The minimum atomic E-state index is -0.991. The molecule has 1 aliphatic heterocycles. The molecule has 3 atom stereocenters. The number of para-hydroxylation sites is 1. The van der Waals surface area contributed by atoms with E-state index in [0.717, 1.165) is 16.7 Å². The Bertz CT molecular complexity index is 1720. The number of carbonyl (C=O) groups is 5. The molecule has 1 aliphatic carbocycles. The smallest absolute Gasteiger partial charge is 0.328 e. The predicted molar refractivity (Wildman–Crippen MR) is 213 cm³/mol. The number of methoxy groups -OCH3 is 2. The van der Waals surface area contributed by atoms with Crippen molar-refractivity contribution in [2.24, 2.45) is 0 Å². The maximum Gasteiger partial charge on any atom is 0.328 e. The highest BCUT2D eigenvalue weighted by atomic mass is 32.1. The normalized spacial score (nSPS) is 18.5. The number of amides is 4. The fourth-order valence-electron chi connectivity index (χ4n) is 7.51. The van der Waals surface area contributed by atoms with E-state index in [2.05, 4.69) is 16.0 Å². The Kier molecular flexibility index (Phi) is 16.3. The van der Waals surface area contributed by atoms with Gasteiger partial charge in [-0.3, -0.25) is 19.2 Å². The number of hydrogen-bond donors (Lipinski definition) is 3. The predicted octanol–water partition coefficient (Wildman–Crippen LogP) is 4.47. The minimum absolute atomic E-state index is 0. The lowest BCUT2D eigenvalue weighted by molar-refractivity contribution is -0.145. The van der Waals surface area contributed by atoms with Crippen molar-refractivity contribution in [2.45, 2.75) is 75.3 Å². The van der Waals surface area contributed by atoms with Crippen LogP contribution in [-0.2, 0) is 29.3 Å². The highest BCUT2D eigenvalue weighted by Gasteiger charge is 2.48. The van der Waals surface area contributed by atoms with Crippen molar-refractivity contribution in [1.82, 2.24) is 20.9 Å². The number of nitrogens with zero attached hydrogens (tertiary/aromatic N) is 1. The second kappa shape index (κ2) is 20.1. The summed E-state index contributed by atoms with van der Waals surface area (Å²) >= 11 is 0. The number of fused-ring (bicyclic) bond motifs is 1. The molecule has 3 aromatic rings. The van der Waals surface area contributed by atoms with E-state index in [9.17, 15) is 24.0 Å². The second-order valence-corrected chi connectivity index (χ2v) is 13.3. The van der Waals surface area contributed by atoms with E-state index < -0.39 is 23.3 Å². The van der Waals surface area contributed by atoms with Crippen molar-refractivity contribution in [3.63, 3.8) is 0 Å². The van der Waals surface area contributed by atoms with Crippen molar-refractivity contribution in [1.29, 1.82) is 0 Å². The van der Waals surface area contributed by atoms with Crippen LogP contribution in [0.5, 0.6) is 5.75 Å². The Balaban J connectivity index is 0.00000378. The van der Waals surface area contributed by atoms with Crippen LogP contribution in [0.15, 0.2) is 78.9 Å². The fraction of sp³-hybridized carbons (Fsp3) is 0.425. The third-order valence-electron chi connectivity index (χ3n) is 10.1. The molecular weight excluding hydrogens is 713 g/mol. The van der Waals surface area contributed by atoms with E-state index in [0.29, 0.717) is 75.9 Å². The molecule has 0 bridgehead atoms.